The molecule has 0 spiro atoms. The van der Waals surface area contributed by atoms with Crippen molar-refractivity contribution in [1.29, 1.82) is 0 Å². The number of nitrogens with one attached hydrogen (secondary N) is 1. The van der Waals surface area contributed by atoms with Crippen LogP contribution in [0.5, 0.6) is 0 Å². The minimum atomic E-state index is 0.206. The number of ether oxygens (including phenoxy) is 2. The summed E-state index contributed by atoms with van der Waals surface area (Å²) in [6, 6.07) is 0.534. The summed E-state index contributed by atoms with van der Waals surface area (Å²) in [4.78, 5) is 0. The van der Waals surface area contributed by atoms with Crippen LogP contribution in [-0.2, 0) is 9.47 Å². The highest BCUT2D eigenvalue weighted by Gasteiger charge is 2.24. The molecular weight excluding hydrogens is 214 g/mol. The molecule has 0 aromatic rings. The molecule has 1 aliphatic rings. The molecule has 102 valence electrons. The Morgan fingerprint density at radius 2 is 1.88 bits per heavy atom. The second-order valence-electron chi connectivity index (χ2n) is 5.01. The molecule has 2 atom stereocenters. The van der Waals surface area contributed by atoms with E-state index in [4.69, 9.17) is 9.47 Å². The van der Waals surface area contributed by atoms with Crippen LogP contribution in [0.4, 0.5) is 0 Å². The van der Waals surface area contributed by atoms with Crippen LogP contribution in [-0.4, -0.2) is 38.5 Å². The maximum Gasteiger partial charge on any atom is 0.0781 e. The number of rotatable bonds is 9. The van der Waals surface area contributed by atoms with Gasteiger partial charge in [0.05, 0.1) is 19.3 Å². The second kappa shape index (κ2) is 8.90. The Balaban J connectivity index is 2.23. The van der Waals surface area contributed by atoms with Crippen molar-refractivity contribution in [2.24, 2.45) is 5.92 Å². The Labute approximate surface area is 106 Å². The molecule has 2 unspecified atom stereocenters. The van der Waals surface area contributed by atoms with Crippen LogP contribution in [0.15, 0.2) is 0 Å². The minimum Gasteiger partial charge on any atom is -0.379 e. The molecule has 1 aliphatic carbocycles. The number of hydrogen-bond acceptors (Lipinski definition) is 3. The third kappa shape index (κ3) is 5.84. The smallest absolute Gasteiger partial charge is 0.0781 e. The summed E-state index contributed by atoms with van der Waals surface area (Å²) in [7, 11) is 0. The first-order chi connectivity index (χ1) is 8.27. The standard InChI is InChI=1S/C14H29NO2/c1-4-15-14(13-8-6-7-9-13)11-17-12(3)10-16-5-2/h12-15H,4-11H2,1-3H3. The molecule has 0 aromatic carbocycles. The third-order valence-electron chi connectivity index (χ3n) is 3.55. The van der Waals surface area contributed by atoms with Gasteiger partial charge in [-0.25, -0.2) is 0 Å². The van der Waals surface area contributed by atoms with Crippen LogP contribution >= 0.6 is 0 Å². The maximum atomic E-state index is 5.88. The molecule has 0 aromatic heterocycles. The summed E-state index contributed by atoms with van der Waals surface area (Å²) >= 11 is 0. The Hall–Kier alpha value is -0.120. The van der Waals surface area contributed by atoms with Crippen molar-refractivity contribution in [1.82, 2.24) is 5.32 Å². The highest BCUT2D eigenvalue weighted by molar-refractivity contribution is 4.80. The normalized spacial score (nSPS) is 20.6. The van der Waals surface area contributed by atoms with E-state index >= 15 is 0 Å². The van der Waals surface area contributed by atoms with Crippen molar-refractivity contribution in [3.05, 3.63) is 0 Å². The summed E-state index contributed by atoms with van der Waals surface area (Å²) in [6.07, 6.45) is 5.71. The zero-order valence-electron chi connectivity index (χ0n) is 11.7. The largest absolute Gasteiger partial charge is 0.379 e. The molecule has 1 N–H and O–H groups in total. The molecule has 0 heterocycles. The van der Waals surface area contributed by atoms with Gasteiger partial charge in [-0.2, -0.15) is 0 Å². The summed E-state index contributed by atoms with van der Waals surface area (Å²) < 4.78 is 11.3. The third-order valence-corrected chi connectivity index (χ3v) is 3.55. The van der Waals surface area contributed by atoms with Crippen molar-refractivity contribution in [3.8, 4) is 0 Å². The topological polar surface area (TPSA) is 30.5 Å². The molecule has 1 saturated carbocycles. The summed E-state index contributed by atoms with van der Waals surface area (Å²) in [6.45, 7) is 9.62. The average Bonchev–Trinajstić information content (AvgIpc) is 2.85. The minimum absolute atomic E-state index is 0.206. The molecular formula is C14H29NO2. The van der Waals surface area contributed by atoms with E-state index in [9.17, 15) is 0 Å². The monoisotopic (exact) mass is 243 g/mol. The van der Waals surface area contributed by atoms with Crippen molar-refractivity contribution in [2.75, 3.05) is 26.4 Å². The first-order valence-electron chi connectivity index (χ1n) is 7.20. The van der Waals surface area contributed by atoms with Crippen molar-refractivity contribution >= 4 is 0 Å². The molecule has 1 rings (SSSR count). The van der Waals surface area contributed by atoms with E-state index in [2.05, 4.69) is 19.2 Å². The van der Waals surface area contributed by atoms with Gasteiger partial charge >= 0.3 is 0 Å². The fourth-order valence-corrected chi connectivity index (χ4v) is 2.58. The Bertz CT molecular complexity index is 181. The van der Waals surface area contributed by atoms with Crippen LogP contribution in [0.1, 0.15) is 46.5 Å². The van der Waals surface area contributed by atoms with Gasteiger partial charge in [0.1, 0.15) is 0 Å². The van der Waals surface area contributed by atoms with Gasteiger partial charge in [-0.05, 0) is 39.2 Å². The van der Waals surface area contributed by atoms with Gasteiger partial charge in [0.15, 0.2) is 0 Å². The molecule has 1 fully saturated rings. The lowest BCUT2D eigenvalue weighted by Crippen LogP contribution is -2.40. The fraction of sp³-hybridized carbons (Fsp3) is 1.00. The molecule has 3 heteroatoms. The number of likely N-dealkylation sites (N-methyl/N-ethyl adjacent to an activating group) is 1. The predicted molar refractivity (Wildman–Crippen MR) is 71.3 cm³/mol. The first-order valence-corrected chi connectivity index (χ1v) is 7.20. The zero-order valence-corrected chi connectivity index (χ0v) is 11.7. The molecule has 0 radical (unpaired) electrons. The second-order valence-corrected chi connectivity index (χ2v) is 5.01. The highest BCUT2D eigenvalue weighted by Crippen LogP contribution is 2.28. The van der Waals surface area contributed by atoms with Crippen molar-refractivity contribution in [2.45, 2.75) is 58.6 Å². The molecule has 0 aliphatic heterocycles. The van der Waals surface area contributed by atoms with Gasteiger partial charge in [0.25, 0.3) is 0 Å². The molecule has 3 nitrogen and oxygen atoms in total. The van der Waals surface area contributed by atoms with Gasteiger partial charge < -0.3 is 14.8 Å². The van der Waals surface area contributed by atoms with E-state index < -0.39 is 0 Å². The Morgan fingerprint density at radius 1 is 1.18 bits per heavy atom. The van der Waals surface area contributed by atoms with Gasteiger partial charge in [0, 0.05) is 12.6 Å². The molecule has 17 heavy (non-hydrogen) atoms. The van der Waals surface area contributed by atoms with Crippen LogP contribution in [0.2, 0.25) is 0 Å². The van der Waals surface area contributed by atoms with Crippen LogP contribution in [0.25, 0.3) is 0 Å². The predicted octanol–water partition coefficient (Wildman–Crippen LogP) is 2.60. The van der Waals surface area contributed by atoms with Gasteiger partial charge in [-0.15, -0.1) is 0 Å². The zero-order chi connectivity index (χ0) is 12.5. The molecule has 0 amide bonds. The molecule has 0 saturated heterocycles. The fourth-order valence-electron chi connectivity index (χ4n) is 2.58. The van der Waals surface area contributed by atoms with E-state index in [-0.39, 0.29) is 6.10 Å². The highest BCUT2D eigenvalue weighted by atomic mass is 16.5. The van der Waals surface area contributed by atoms with E-state index in [0.29, 0.717) is 12.6 Å². The van der Waals surface area contributed by atoms with Crippen LogP contribution in [0, 0.1) is 5.92 Å². The summed E-state index contributed by atoms with van der Waals surface area (Å²) in [5.74, 6) is 0.814. The van der Waals surface area contributed by atoms with E-state index in [1.165, 1.54) is 25.7 Å². The van der Waals surface area contributed by atoms with Gasteiger partial charge in [-0.1, -0.05) is 19.8 Å². The van der Waals surface area contributed by atoms with E-state index in [1.54, 1.807) is 0 Å². The number of hydrogen-bond donors (Lipinski definition) is 1. The summed E-state index contributed by atoms with van der Waals surface area (Å²) in [5, 5.41) is 3.57. The lowest BCUT2D eigenvalue weighted by molar-refractivity contribution is -0.0167. The van der Waals surface area contributed by atoms with Crippen molar-refractivity contribution in [3.63, 3.8) is 0 Å². The average molecular weight is 243 g/mol. The Kier molecular flexibility index (Phi) is 7.82. The van der Waals surface area contributed by atoms with Crippen LogP contribution < -0.4 is 5.32 Å². The van der Waals surface area contributed by atoms with Crippen molar-refractivity contribution < 1.29 is 9.47 Å². The maximum absolute atomic E-state index is 5.88. The SMILES string of the molecule is CCNC(COC(C)COCC)C1CCCC1. The lowest BCUT2D eigenvalue weighted by Gasteiger charge is -2.25. The van der Waals surface area contributed by atoms with Crippen LogP contribution in [0.3, 0.4) is 0 Å². The quantitative estimate of drug-likeness (QED) is 0.675. The van der Waals surface area contributed by atoms with E-state index in [1.807, 2.05) is 6.92 Å². The first kappa shape index (κ1) is 14.9. The summed E-state index contributed by atoms with van der Waals surface area (Å²) in [5.41, 5.74) is 0. The van der Waals surface area contributed by atoms with Gasteiger partial charge in [-0.3, -0.25) is 0 Å². The molecule has 0 bridgehead atoms. The van der Waals surface area contributed by atoms with E-state index in [0.717, 1.165) is 25.7 Å². The Morgan fingerprint density at radius 3 is 2.47 bits per heavy atom. The van der Waals surface area contributed by atoms with Gasteiger partial charge in [0.2, 0.25) is 0 Å². The lowest BCUT2D eigenvalue weighted by atomic mass is 9.99.